The Hall–Kier alpha value is -1.63. The Morgan fingerprint density at radius 1 is 1.67 bits per heavy atom. The summed E-state index contributed by atoms with van der Waals surface area (Å²) in [6.07, 6.45) is 0. The summed E-state index contributed by atoms with van der Waals surface area (Å²) >= 11 is 1.29. The van der Waals surface area contributed by atoms with Gasteiger partial charge in [0.15, 0.2) is 10.8 Å². The molecule has 2 rings (SSSR count). The van der Waals surface area contributed by atoms with Crippen molar-refractivity contribution in [3.05, 3.63) is 10.6 Å². The van der Waals surface area contributed by atoms with Crippen molar-refractivity contribution in [1.82, 2.24) is 10.3 Å². The van der Waals surface area contributed by atoms with Crippen LogP contribution in [0.25, 0.3) is 0 Å². The van der Waals surface area contributed by atoms with Crippen LogP contribution >= 0.6 is 11.3 Å². The summed E-state index contributed by atoms with van der Waals surface area (Å²) in [5, 5.41) is 2.97. The number of hydrogen-bond donors (Lipinski definition) is 1. The van der Waals surface area contributed by atoms with Crippen LogP contribution in [0.1, 0.15) is 15.4 Å². The highest BCUT2D eigenvalue weighted by atomic mass is 32.1. The largest absolute Gasteiger partial charge is 0.455 e. The molecular weight excluding hydrogens is 218 g/mol. The number of amides is 2. The lowest BCUT2D eigenvalue weighted by molar-refractivity contribution is 0.0531. The number of hydrogen-bond acceptors (Lipinski definition) is 5. The fourth-order valence-electron chi connectivity index (χ4n) is 1.19. The van der Waals surface area contributed by atoms with Crippen molar-refractivity contribution < 1.29 is 14.3 Å². The molecule has 0 unspecified atom stereocenters. The van der Waals surface area contributed by atoms with Crippen molar-refractivity contribution in [2.75, 3.05) is 19.0 Å². The number of cyclic esters (lactones) is 1. The van der Waals surface area contributed by atoms with Gasteiger partial charge >= 0.3 is 12.0 Å². The molecule has 1 aliphatic rings. The molecular formula is C8H9N3O3S. The van der Waals surface area contributed by atoms with Crippen LogP contribution in [0.4, 0.5) is 9.93 Å². The van der Waals surface area contributed by atoms with Crippen molar-refractivity contribution in [3.63, 3.8) is 0 Å². The third-order valence-corrected chi connectivity index (χ3v) is 3.12. The number of aromatic nitrogens is 1. The smallest absolute Gasteiger partial charge is 0.358 e. The average Bonchev–Trinajstić information content (AvgIpc) is 2.79. The summed E-state index contributed by atoms with van der Waals surface area (Å²) in [5.41, 5.74) is 0.325. The van der Waals surface area contributed by atoms with E-state index in [4.69, 9.17) is 4.74 Å². The third-order valence-electron chi connectivity index (χ3n) is 2.02. The van der Waals surface area contributed by atoms with E-state index in [-0.39, 0.29) is 12.6 Å². The van der Waals surface area contributed by atoms with Crippen LogP contribution in [-0.2, 0) is 11.3 Å². The summed E-state index contributed by atoms with van der Waals surface area (Å²) < 4.78 is 4.77. The molecule has 6 nitrogen and oxygen atoms in total. The van der Waals surface area contributed by atoms with E-state index in [0.717, 1.165) is 4.88 Å². The summed E-state index contributed by atoms with van der Waals surface area (Å²) in [6.45, 7) is 0.257. The molecule has 2 amide bonds. The van der Waals surface area contributed by atoms with Gasteiger partial charge in [-0.3, -0.25) is 4.90 Å². The molecule has 2 heterocycles. The molecule has 1 N–H and O–H groups in total. The zero-order valence-corrected chi connectivity index (χ0v) is 9.05. The van der Waals surface area contributed by atoms with Gasteiger partial charge in [-0.15, -0.1) is 0 Å². The van der Waals surface area contributed by atoms with Crippen molar-refractivity contribution in [1.29, 1.82) is 0 Å². The van der Waals surface area contributed by atoms with Gasteiger partial charge in [0.2, 0.25) is 0 Å². The van der Waals surface area contributed by atoms with Crippen LogP contribution in [0.2, 0.25) is 0 Å². The van der Waals surface area contributed by atoms with E-state index in [0.29, 0.717) is 10.8 Å². The maximum atomic E-state index is 11.3. The molecule has 0 radical (unpaired) electrons. The SMILES string of the molecule is CNC(=O)N(C)c1nc2c(s1)COC2=O. The molecule has 0 saturated carbocycles. The van der Waals surface area contributed by atoms with E-state index in [1.54, 1.807) is 7.05 Å². The number of nitrogens with zero attached hydrogens (tertiary/aromatic N) is 2. The number of fused-ring (bicyclic) bond motifs is 1. The molecule has 1 aliphatic heterocycles. The molecule has 0 fully saturated rings. The molecule has 15 heavy (non-hydrogen) atoms. The summed E-state index contributed by atoms with van der Waals surface area (Å²) in [4.78, 5) is 28.6. The van der Waals surface area contributed by atoms with Crippen LogP contribution in [0.3, 0.4) is 0 Å². The predicted molar refractivity (Wildman–Crippen MR) is 54.1 cm³/mol. The number of ether oxygens (including phenoxy) is 1. The minimum atomic E-state index is -0.419. The Bertz CT molecular complexity index is 429. The van der Waals surface area contributed by atoms with E-state index in [2.05, 4.69) is 10.3 Å². The third kappa shape index (κ3) is 1.54. The van der Waals surface area contributed by atoms with E-state index >= 15 is 0 Å². The van der Waals surface area contributed by atoms with Gasteiger partial charge in [-0.05, 0) is 0 Å². The number of carbonyl (C=O) groups is 2. The Labute approximate surface area is 89.9 Å². The fraction of sp³-hybridized carbons (Fsp3) is 0.375. The zero-order valence-electron chi connectivity index (χ0n) is 8.23. The summed E-state index contributed by atoms with van der Waals surface area (Å²) in [5.74, 6) is -0.419. The highest BCUT2D eigenvalue weighted by Gasteiger charge is 2.28. The zero-order chi connectivity index (χ0) is 11.0. The standard InChI is InChI=1S/C8H9N3O3S/c1-9-7(13)11(2)8-10-5-4(15-8)3-14-6(5)12/h3H2,1-2H3,(H,9,13). The Morgan fingerprint density at radius 3 is 3.00 bits per heavy atom. The first-order chi connectivity index (χ1) is 7.13. The molecule has 80 valence electrons. The molecule has 0 atom stereocenters. The van der Waals surface area contributed by atoms with Gasteiger partial charge in [0.1, 0.15) is 6.61 Å². The lowest BCUT2D eigenvalue weighted by atomic mass is 10.4. The molecule has 1 aromatic rings. The average molecular weight is 227 g/mol. The second-order valence-electron chi connectivity index (χ2n) is 2.96. The normalized spacial score (nSPS) is 13.3. The predicted octanol–water partition coefficient (Wildman–Crippen LogP) is 0.589. The van der Waals surface area contributed by atoms with E-state index in [1.165, 1.54) is 23.3 Å². The molecule has 0 saturated heterocycles. The van der Waals surface area contributed by atoms with Gasteiger partial charge in [-0.1, -0.05) is 11.3 Å². The van der Waals surface area contributed by atoms with Crippen LogP contribution < -0.4 is 10.2 Å². The van der Waals surface area contributed by atoms with Gasteiger partial charge in [-0.2, -0.15) is 0 Å². The van der Waals surface area contributed by atoms with E-state index in [9.17, 15) is 9.59 Å². The van der Waals surface area contributed by atoms with E-state index < -0.39 is 5.97 Å². The van der Waals surface area contributed by atoms with Crippen LogP contribution in [0.5, 0.6) is 0 Å². The molecule has 1 aromatic heterocycles. The molecule has 0 spiro atoms. The number of carbonyl (C=O) groups excluding carboxylic acids is 2. The first-order valence-electron chi connectivity index (χ1n) is 4.25. The number of anilines is 1. The molecule has 7 heteroatoms. The van der Waals surface area contributed by atoms with Gasteiger partial charge in [-0.25, -0.2) is 14.6 Å². The minimum absolute atomic E-state index is 0.257. The fourth-order valence-corrected chi connectivity index (χ4v) is 2.11. The minimum Gasteiger partial charge on any atom is -0.455 e. The van der Waals surface area contributed by atoms with E-state index in [1.807, 2.05) is 0 Å². The van der Waals surface area contributed by atoms with Crippen LogP contribution in [0.15, 0.2) is 0 Å². The lowest BCUT2D eigenvalue weighted by Gasteiger charge is -2.12. The second-order valence-corrected chi connectivity index (χ2v) is 4.02. The van der Waals surface area contributed by atoms with Crippen LogP contribution in [-0.4, -0.2) is 31.1 Å². The topological polar surface area (TPSA) is 71.5 Å². The van der Waals surface area contributed by atoms with Crippen molar-refractivity contribution in [3.8, 4) is 0 Å². The van der Waals surface area contributed by atoms with Crippen molar-refractivity contribution in [2.45, 2.75) is 6.61 Å². The number of urea groups is 1. The molecule has 0 bridgehead atoms. The maximum Gasteiger partial charge on any atom is 0.358 e. The first-order valence-corrected chi connectivity index (χ1v) is 5.07. The van der Waals surface area contributed by atoms with Crippen LogP contribution in [0, 0.1) is 0 Å². The van der Waals surface area contributed by atoms with Gasteiger partial charge < -0.3 is 10.1 Å². The molecule has 0 aliphatic carbocycles. The Balaban J connectivity index is 2.28. The number of rotatable bonds is 1. The first kappa shape index (κ1) is 9.91. The Kier molecular flexibility index (Phi) is 2.31. The monoisotopic (exact) mass is 227 g/mol. The maximum absolute atomic E-state index is 11.3. The lowest BCUT2D eigenvalue weighted by Crippen LogP contribution is -2.34. The molecule has 0 aromatic carbocycles. The quantitative estimate of drug-likeness (QED) is 0.713. The summed E-state index contributed by atoms with van der Waals surface area (Å²) in [7, 11) is 3.13. The van der Waals surface area contributed by atoms with Crippen molar-refractivity contribution in [2.24, 2.45) is 0 Å². The number of thiazole rings is 1. The van der Waals surface area contributed by atoms with Gasteiger partial charge in [0.25, 0.3) is 0 Å². The Morgan fingerprint density at radius 2 is 2.40 bits per heavy atom. The highest BCUT2D eigenvalue weighted by molar-refractivity contribution is 7.16. The van der Waals surface area contributed by atoms with Crippen molar-refractivity contribution >= 4 is 28.5 Å². The van der Waals surface area contributed by atoms with Gasteiger partial charge in [0.05, 0.1) is 4.88 Å². The number of nitrogens with one attached hydrogen (secondary N) is 1. The number of esters is 1. The van der Waals surface area contributed by atoms with Gasteiger partial charge in [0, 0.05) is 14.1 Å². The second kappa shape index (κ2) is 3.50. The highest BCUT2D eigenvalue weighted by Crippen LogP contribution is 2.30. The summed E-state index contributed by atoms with van der Waals surface area (Å²) in [6, 6.07) is -0.268.